The van der Waals surface area contributed by atoms with Gasteiger partial charge in [-0.25, -0.2) is 0 Å². The molecular weight excluding hydrogens is 350 g/mol. The number of hydrogen-bond acceptors (Lipinski definition) is 1. The molecule has 0 atom stereocenters. The van der Waals surface area contributed by atoms with E-state index in [1.165, 1.54) is 0 Å². The highest BCUT2D eigenvalue weighted by atomic mass is 79.9. The number of anilines is 1. The summed E-state index contributed by atoms with van der Waals surface area (Å²) in [6.07, 6.45) is 0.887. The van der Waals surface area contributed by atoms with Crippen molar-refractivity contribution in [2.24, 2.45) is 0 Å². The lowest BCUT2D eigenvalue weighted by molar-refractivity contribution is 0.102. The number of carbonyl (C=O) groups is 1. The number of nitrogens with one attached hydrogen (secondary N) is 1. The van der Waals surface area contributed by atoms with Gasteiger partial charge in [-0.2, -0.15) is 0 Å². The Bertz CT molecular complexity index is 886. The average molecular weight is 368 g/mol. The first-order valence-corrected chi connectivity index (χ1v) is 8.48. The lowest BCUT2D eigenvalue weighted by atomic mass is 10.0. The van der Waals surface area contributed by atoms with Crippen molar-refractivity contribution in [1.29, 1.82) is 0 Å². The van der Waals surface area contributed by atoms with E-state index >= 15 is 0 Å². The summed E-state index contributed by atoms with van der Waals surface area (Å²) in [4.78, 5) is 12.8. The van der Waals surface area contributed by atoms with E-state index in [-0.39, 0.29) is 5.91 Å². The van der Waals surface area contributed by atoms with Gasteiger partial charge in [-0.15, -0.1) is 0 Å². The molecule has 0 aliphatic carbocycles. The summed E-state index contributed by atoms with van der Waals surface area (Å²) in [6, 6.07) is 17.8. The van der Waals surface area contributed by atoms with Gasteiger partial charge in [-0.3, -0.25) is 4.79 Å². The van der Waals surface area contributed by atoms with Crippen molar-refractivity contribution in [3.63, 3.8) is 0 Å². The molecule has 3 heteroatoms. The lowest BCUT2D eigenvalue weighted by Gasteiger charge is -2.14. The Hall–Kier alpha value is -2.13. The van der Waals surface area contributed by atoms with Crippen LogP contribution in [-0.4, -0.2) is 5.91 Å². The third-order valence-corrected chi connectivity index (χ3v) is 4.78. The molecule has 23 heavy (non-hydrogen) atoms. The van der Waals surface area contributed by atoms with Crippen molar-refractivity contribution in [3.05, 3.63) is 75.8 Å². The Morgan fingerprint density at radius 1 is 1.00 bits per heavy atom. The molecule has 1 N–H and O–H groups in total. The number of rotatable bonds is 3. The van der Waals surface area contributed by atoms with E-state index < -0.39 is 0 Å². The Balaban J connectivity index is 2.04. The number of fused-ring (bicyclic) bond motifs is 1. The molecule has 3 aromatic rings. The van der Waals surface area contributed by atoms with E-state index in [9.17, 15) is 4.79 Å². The number of hydrogen-bond donors (Lipinski definition) is 1. The minimum absolute atomic E-state index is 0.0716. The van der Waals surface area contributed by atoms with Gasteiger partial charge in [0.05, 0.1) is 0 Å². The molecule has 0 heterocycles. The van der Waals surface area contributed by atoms with Gasteiger partial charge in [0.1, 0.15) is 0 Å². The number of carbonyl (C=O) groups excluding carboxylic acids is 1. The van der Waals surface area contributed by atoms with Gasteiger partial charge in [-0.05, 0) is 47.4 Å². The van der Waals surface area contributed by atoms with Gasteiger partial charge in [0.15, 0.2) is 0 Å². The third-order valence-electron chi connectivity index (χ3n) is 4.09. The second-order valence-corrected chi connectivity index (χ2v) is 6.41. The molecule has 0 saturated carbocycles. The van der Waals surface area contributed by atoms with E-state index in [0.717, 1.165) is 38.5 Å². The zero-order chi connectivity index (χ0) is 16.4. The van der Waals surface area contributed by atoms with Crippen molar-refractivity contribution in [1.82, 2.24) is 0 Å². The third kappa shape index (κ3) is 3.02. The molecule has 0 saturated heterocycles. The van der Waals surface area contributed by atoms with Crippen molar-refractivity contribution < 1.29 is 4.79 Å². The van der Waals surface area contributed by atoms with Gasteiger partial charge in [0, 0.05) is 15.7 Å². The van der Waals surface area contributed by atoms with Crippen LogP contribution in [0.2, 0.25) is 0 Å². The van der Waals surface area contributed by atoms with Crippen molar-refractivity contribution in [3.8, 4) is 0 Å². The van der Waals surface area contributed by atoms with Crippen LogP contribution in [0, 0.1) is 6.92 Å². The molecule has 0 radical (unpaired) electrons. The van der Waals surface area contributed by atoms with Crippen LogP contribution in [0.5, 0.6) is 0 Å². The van der Waals surface area contributed by atoms with Crippen LogP contribution in [0.4, 0.5) is 5.69 Å². The quantitative estimate of drug-likeness (QED) is 0.629. The van der Waals surface area contributed by atoms with E-state index in [2.05, 4.69) is 34.2 Å². The molecule has 1 amide bonds. The van der Waals surface area contributed by atoms with Crippen LogP contribution in [0.1, 0.15) is 28.4 Å². The van der Waals surface area contributed by atoms with Crippen molar-refractivity contribution >= 4 is 38.3 Å². The molecule has 3 rings (SSSR count). The molecule has 0 aromatic heterocycles. The summed E-state index contributed by atoms with van der Waals surface area (Å²) in [5.41, 5.74) is 3.85. The van der Waals surface area contributed by atoms with E-state index in [4.69, 9.17) is 0 Å². The molecule has 3 aromatic carbocycles. The van der Waals surface area contributed by atoms with Gasteiger partial charge < -0.3 is 5.32 Å². The molecule has 0 spiro atoms. The van der Waals surface area contributed by atoms with Crippen LogP contribution in [0.15, 0.2) is 59.1 Å². The summed E-state index contributed by atoms with van der Waals surface area (Å²) < 4.78 is 0.995. The largest absolute Gasteiger partial charge is 0.321 e. The topological polar surface area (TPSA) is 29.1 Å². The number of para-hydroxylation sites is 1. The molecule has 0 aliphatic rings. The van der Waals surface area contributed by atoms with Crippen LogP contribution >= 0.6 is 15.9 Å². The Morgan fingerprint density at radius 2 is 1.70 bits per heavy atom. The van der Waals surface area contributed by atoms with Crippen LogP contribution < -0.4 is 5.32 Å². The molecule has 0 aliphatic heterocycles. The first-order valence-electron chi connectivity index (χ1n) is 7.69. The van der Waals surface area contributed by atoms with Gasteiger partial charge in [0.2, 0.25) is 0 Å². The maximum Gasteiger partial charge on any atom is 0.256 e. The highest BCUT2D eigenvalue weighted by molar-refractivity contribution is 9.10. The summed E-state index contributed by atoms with van der Waals surface area (Å²) in [6.45, 7) is 4.12. The molecule has 116 valence electrons. The summed E-state index contributed by atoms with van der Waals surface area (Å²) in [5.74, 6) is -0.0716. The Labute approximate surface area is 144 Å². The average Bonchev–Trinajstić information content (AvgIpc) is 2.56. The minimum atomic E-state index is -0.0716. The van der Waals surface area contributed by atoms with Crippen LogP contribution in [-0.2, 0) is 6.42 Å². The molecular formula is C20H18BrNO. The Kier molecular flexibility index (Phi) is 4.49. The second-order valence-electron chi connectivity index (χ2n) is 5.56. The highest BCUT2D eigenvalue weighted by Gasteiger charge is 2.13. The molecule has 0 bridgehead atoms. The normalized spacial score (nSPS) is 10.7. The smallest absolute Gasteiger partial charge is 0.256 e. The predicted octanol–water partition coefficient (Wildman–Crippen LogP) is 5.73. The SMILES string of the molecule is CCc1cccc(C)c1NC(=O)c1cccc2c(Br)cccc12. The first-order chi connectivity index (χ1) is 11.1. The van der Waals surface area contributed by atoms with Crippen molar-refractivity contribution in [2.75, 3.05) is 5.32 Å². The zero-order valence-electron chi connectivity index (χ0n) is 13.2. The molecule has 2 nitrogen and oxygen atoms in total. The number of halogens is 1. The fraction of sp³-hybridized carbons (Fsp3) is 0.150. The second kappa shape index (κ2) is 6.55. The van der Waals surface area contributed by atoms with Gasteiger partial charge in [0.25, 0.3) is 5.91 Å². The monoisotopic (exact) mass is 367 g/mol. The first kappa shape index (κ1) is 15.8. The van der Waals surface area contributed by atoms with Gasteiger partial charge >= 0.3 is 0 Å². The molecule has 0 unspecified atom stereocenters. The van der Waals surface area contributed by atoms with E-state index in [0.29, 0.717) is 5.56 Å². The van der Waals surface area contributed by atoms with Crippen molar-refractivity contribution in [2.45, 2.75) is 20.3 Å². The fourth-order valence-electron chi connectivity index (χ4n) is 2.85. The number of aryl methyl sites for hydroxylation is 2. The fourth-order valence-corrected chi connectivity index (χ4v) is 3.35. The standard InChI is InChI=1S/C20H18BrNO/c1-3-14-8-4-7-13(2)19(14)22-20(23)17-11-5-10-16-15(17)9-6-12-18(16)21/h4-12H,3H2,1-2H3,(H,22,23). The molecule has 0 fully saturated rings. The van der Waals surface area contributed by atoms with Crippen LogP contribution in [0.25, 0.3) is 10.8 Å². The lowest BCUT2D eigenvalue weighted by Crippen LogP contribution is -2.14. The summed E-state index contributed by atoms with van der Waals surface area (Å²) in [5, 5.41) is 5.10. The Morgan fingerprint density at radius 3 is 2.48 bits per heavy atom. The minimum Gasteiger partial charge on any atom is -0.321 e. The zero-order valence-corrected chi connectivity index (χ0v) is 14.8. The van der Waals surface area contributed by atoms with E-state index in [1.807, 2.05) is 55.5 Å². The maximum absolute atomic E-state index is 12.8. The maximum atomic E-state index is 12.8. The highest BCUT2D eigenvalue weighted by Crippen LogP contribution is 2.28. The summed E-state index contributed by atoms with van der Waals surface area (Å²) in [7, 11) is 0. The van der Waals surface area contributed by atoms with Crippen LogP contribution in [0.3, 0.4) is 0 Å². The van der Waals surface area contributed by atoms with Gasteiger partial charge in [-0.1, -0.05) is 65.3 Å². The number of amides is 1. The predicted molar refractivity (Wildman–Crippen MR) is 100 cm³/mol. The number of benzene rings is 3. The summed E-state index contributed by atoms with van der Waals surface area (Å²) >= 11 is 3.55. The van der Waals surface area contributed by atoms with E-state index in [1.54, 1.807) is 0 Å².